The zero-order valence-corrected chi connectivity index (χ0v) is 17.8. The zero-order chi connectivity index (χ0) is 20.8. The Kier molecular flexibility index (Phi) is 6.67. The van der Waals surface area contributed by atoms with E-state index >= 15 is 0 Å². The normalized spacial score (nSPS) is 10.9. The van der Waals surface area contributed by atoms with E-state index in [1.165, 1.54) is 17.4 Å². The molecule has 3 rings (SSSR count). The molecular formula is C23H24N2O3S. The van der Waals surface area contributed by atoms with Gasteiger partial charge in [-0.1, -0.05) is 12.1 Å². The summed E-state index contributed by atoms with van der Waals surface area (Å²) in [5.74, 6) is 1.44. The second-order valence-electron chi connectivity index (χ2n) is 6.43. The van der Waals surface area contributed by atoms with Crippen molar-refractivity contribution < 1.29 is 14.3 Å². The molecule has 0 saturated carbocycles. The van der Waals surface area contributed by atoms with Gasteiger partial charge >= 0.3 is 0 Å². The fourth-order valence-electron chi connectivity index (χ4n) is 2.90. The Morgan fingerprint density at radius 1 is 1.17 bits per heavy atom. The van der Waals surface area contributed by atoms with Crippen LogP contribution in [0.2, 0.25) is 0 Å². The van der Waals surface area contributed by atoms with Crippen molar-refractivity contribution in [2.24, 2.45) is 0 Å². The van der Waals surface area contributed by atoms with Crippen molar-refractivity contribution in [3.63, 3.8) is 0 Å². The zero-order valence-electron chi connectivity index (χ0n) is 17.0. The van der Waals surface area contributed by atoms with Gasteiger partial charge in [-0.05, 0) is 68.3 Å². The molecule has 1 heterocycles. The van der Waals surface area contributed by atoms with Gasteiger partial charge in [-0.25, -0.2) is 4.98 Å². The van der Waals surface area contributed by atoms with Gasteiger partial charge in [-0.2, -0.15) is 0 Å². The van der Waals surface area contributed by atoms with Gasteiger partial charge < -0.3 is 9.47 Å². The Morgan fingerprint density at radius 2 is 1.93 bits per heavy atom. The van der Waals surface area contributed by atoms with E-state index in [-0.39, 0.29) is 5.91 Å². The summed E-state index contributed by atoms with van der Waals surface area (Å²) in [4.78, 5) is 17.9. The number of methoxy groups -OCH3 is 1. The van der Waals surface area contributed by atoms with E-state index in [0.717, 1.165) is 38.8 Å². The number of nitrogens with one attached hydrogen (secondary N) is 1. The maximum Gasteiger partial charge on any atom is 0.250 e. The van der Waals surface area contributed by atoms with Crippen molar-refractivity contribution in [2.45, 2.75) is 20.8 Å². The standard InChI is InChI=1S/C23H24N2O3S/c1-5-28-19-10-6-17(7-11-19)8-13-21(26)24-23-25-22(16(3)29-23)18-9-12-20(27-4)15(2)14-18/h6-14H,5H2,1-4H3,(H,24,25,26)/b13-8+. The van der Waals surface area contributed by atoms with Gasteiger partial charge in [-0.3, -0.25) is 10.1 Å². The van der Waals surface area contributed by atoms with Crippen LogP contribution in [0.25, 0.3) is 17.3 Å². The number of thiazole rings is 1. The van der Waals surface area contributed by atoms with Crippen molar-refractivity contribution >= 4 is 28.5 Å². The van der Waals surface area contributed by atoms with E-state index in [1.807, 2.05) is 63.2 Å². The predicted molar refractivity (Wildman–Crippen MR) is 119 cm³/mol. The molecule has 0 aliphatic rings. The smallest absolute Gasteiger partial charge is 0.250 e. The molecule has 29 heavy (non-hydrogen) atoms. The van der Waals surface area contributed by atoms with Crippen LogP contribution in [0.3, 0.4) is 0 Å². The highest BCUT2D eigenvalue weighted by atomic mass is 32.1. The van der Waals surface area contributed by atoms with E-state index in [1.54, 1.807) is 13.2 Å². The molecule has 0 fully saturated rings. The molecule has 0 saturated heterocycles. The molecule has 3 aromatic rings. The average Bonchev–Trinajstić information content (AvgIpc) is 3.07. The van der Waals surface area contributed by atoms with E-state index in [2.05, 4.69) is 10.3 Å². The Morgan fingerprint density at radius 3 is 2.59 bits per heavy atom. The van der Waals surface area contributed by atoms with Gasteiger partial charge in [0.25, 0.3) is 0 Å². The summed E-state index contributed by atoms with van der Waals surface area (Å²) >= 11 is 1.46. The van der Waals surface area contributed by atoms with Crippen LogP contribution in [0.15, 0.2) is 48.5 Å². The molecular weight excluding hydrogens is 384 g/mol. The molecule has 0 aliphatic heterocycles. The lowest BCUT2D eigenvalue weighted by atomic mass is 10.1. The maximum absolute atomic E-state index is 12.3. The second-order valence-corrected chi connectivity index (χ2v) is 7.64. The number of benzene rings is 2. The predicted octanol–water partition coefficient (Wildman–Crippen LogP) is 5.49. The van der Waals surface area contributed by atoms with Crippen LogP contribution >= 0.6 is 11.3 Å². The Hall–Kier alpha value is -3.12. The Bertz CT molecular complexity index is 1020. The van der Waals surface area contributed by atoms with Crippen LogP contribution in [0.5, 0.6) is 11.5 Å². The first-order valence-corrected chi connectivity index (χ1v) is 10.2. The van der Waals surface area contributed by atoms with E-state index in [0.29, 0.717) is 11.7 Å². The van der Waals surface area contributed by atoms with Crippen molar-refractivity contribution in [1.82, 2.24) is 4.98 Å². The number of carbonyl (C=O) groups excluding carboxylic acids is 1. The number of amides is 1. The lowest BCUT2D eigenvalue weighted by molar-refractivity contribution is -0.111. The van der Waals surface area contributed by atoms with Gasteiger partial charge in [0.05, 0.1) is 19.4 Å². The minimum Gasteiger partial charge on any atom is -0.496 e. The van der Waals surface area contributed by atoms with E-state index < -0.39 is 0 Å². The summed E-state index contributed by atoms with van der Waals surface area (Å²) in [6.45, 7) is 6.57. The summed E-state index contributed by atoms with van der Waals surface area (Å²) < 4.78 is 10.7. The van der Waals surface area contributed by atoms with Gasteiger partial charge in [0, 0.05) is 16.5 Å². The molecule has 5 nitrogen and oxygen atoms in total. The lowest BCUT2D eigenvalue weighted by Crippen LogP contribution is -2.07. The highest BCUT2D eigenvalue weighted by Crippen LogP contribution is 2.32. The van der Waals surface area contributed by atoms with Gasteiger partial charge in [0.2, 0.25) is 5.91 Å². The number of ether oxygens (including phenoxy) is 2. The first-order chi connectivity index (χ1) is 14.0. The Labute approximate surface area is 175 Å². The maximum atomic E-state index is 12.3. The monoisotopic (exact) mass is 408 g/mol. The summed E-state index contributed by atoms with van der Waals surface area (Å²) in [5, 5.41) is 3.42. The van der Waals surface area contributed by atoms with Crippen molar-refractivity contribution in [2.75, 3.05) is 19.0 Å². The number of nitrogens with zero attached hydrogens (tertiary/aromatic N) is 1. The minimum absolute atomic E-state index is 0.218. The highest BCUT2D eigenvalue weighted by Gasteiger charge is 2.12. The molecule has 0 bridgehead atoms. The molecule has 1 N–H and O–H groups in total. The summed E-state index contributed by atoms with van der Waals surface area (Å²) in [7, 11) is 1.66. The average molecular weight is 409 g/mol. The largest absolute Gasteiger partial charge is 0.496 e. The topological polar surface area (TPSA) is 60.5 Å². The van der Waals surface area contributed by atoms with Crippen LogP contribution < -0.4 is 14.8 Å². The Balaban J connectivity index is 1.68. The molecule has 6 heteroatoms. The molecule has 2 aromatic carbocycles. The van der Waals surface area contributed by atoms with Crippen LogP contribution in [0.4, 0.5) is 5.13 Å². The van der Waals surface area contributed by atoms with Crippen molar-refractivity contribution in [1.29, 1.82) is 0 Å². The van der Waals surface area contributed by atoms with Gasteiger partial charge in [0.1, 0.15) is 11.5 Å². The molecule has 0 spiro atoms. The molecule has 0 aliphatic carbocycles. The fraction of sp³-hybridized carbons (Fsp3) is 0.217. The van der Waals surface area contributed by atoms with Gasteiger partial charge in [-0.15, -0.1) is 11.3 Å². The summed E-state index contributed by atoms with van der Waals surface area (Å²) in [5.41, 5.74) is 3.84. The third-order valence-corrected chi connectivity index (χ3v) is 5.20. The number of anilines is 1. The second kappa shape index (κ2) is 9.39. The lowest BCUT2D eigenvalue weighted by Gasteiger charge is -2.06. The number of hydrogen-bond donors (Lipinski definition) is 1. The highest BCUT2D eigenvalue weighted by molar-refractivity contribution is 7.16. The van der Waals surface area contributed by atoms with Crippen LogP contribution in [-0.4, -0.2) is 24.6 Å². The third kappa shape index (κ3) is 5.23. The SMILES string of the molecule is CCOc1ccc(/C=C/C(=O)Nc2nc(-c3ccc(OC)c(C)c3)c(C)s2)cc1. The summed E-state index contributed by atoms with van der Waals surface area (Å²) in [6.07, 6.45) is 3.27. The van der Waals surface area contributed by atoms with Crippen LogP contribution in [-0.2, 0) is 4.79 Å². The number of aromatic nitrogens is 1. The van der Waals surface area contributed by atoms with Crippen LogP contribution in [0.1, 0.15) is 22.9 Å². The van der Waals surface area contributed by atoms with Crippen LogP contribution in [0, 0.1) is 13.8 Å². The first kappa shape index (κ1) is 20.6. The quantitative estimate of drug-likeness (QED) is 0.526. The third-order valence-electron chi connectivity index (χ3n) is 4.31. The van der Waals surface area contributed by atoms with Crippen molar-refractivity contribution in [3.05, 3.63) is 64.5 Å². The number of rotatable bonds is 7. The molecule has 0 unspecified atom stereocenters. The van der Waals surface area contributed by atoms with E-state index in [4.69, 9.17) is 9.47 Å². The van der Waals surface area contributed by atoms with E-state index in [9.17, 15) is 4.79 Å². The number of aryl methyl sites for hydroxylation is 2. The first-order valence-electron chi connectivity index (χ1n) is 9.34. The minimum atomic E-state index is -0.218. The summed E-state index contributed by atoms with van der Waals surface area (Å²) in [6, 6.07) is 13.5. The number of carbonyl (C=O) groups is 1. The fourth-order valence-corrected chi connectivity index (χ4v) is 3.74. The molecule has 1 aromatic heterocycles. The van der Waals surface area contributed by atoms with Gasteiger partial charge in [0.15, 0.2) is 5.13 Å². The molecule has 0 radical (unpaired) electrons. The molecule has 150 valence electrons. The van der Waals surface area contributed by atoms with Crippen molar-refractivity contribution in [3.8, 4) is 22.8 Å². The molecule has 0 atom stereocenters. The molecule has 1 amide bonds. The number of hydrogen-bond acceptors (Lipinski definition) is 5.